The number of carbonyl (C=O) groups excluding carboxylic acids is 1. The van der Waals surface area contributed by atoms with Gasteiger partial charge in [-0.15, -0.1) is 0 Å². The van der Waals surface area contributed by atoms with E-state index in [1.165, 1.54) is 5.01 Å². The predicted molar refractivity (Wildman–Crippen MR) is 142 cm³/mol. The number of hydrazone groups is 1. The Morgan fingerprint density at radius 1 is 0.861 bits per heavy atom. The van der Waals surface area contributed by atoms with Gasteiger partial charge in [0.05, 0.1) is 11.8 Å². The lowest BCUT2D eigenvalue weighted by atomic mass is 9.98. The van der Waals surface area contributed by atoms with Gasteiger partial charge in [0, 0.05) is 47.0 Å². The highest BCUT2D eigenvalue weighted by atomic mass is 16.3. The van der Waals surface area contributed by atoms with Gasteiger partial charge in [-0.25, -0.2) is 9.80 Å². The summed E-state index contributed by atoms with van der Waals surface area (Å²) in [6, 6.07) is 23.9. The number of aromatic hydroxyl groups is 2. The molecule has 8 heteroatoms. The fraction of sp³-hybridized carbons (Fsp3) is 0.107. The molecule has 0 aliphatic carbocycles. The van der Waals surface area contributed by atoms with Crippen LogP contribution in [0.15, 0.2) is 102 Å². The van der Waals surface area contributed by atoms with Crippen molar-refractivity contribution < 1.29 is 15.0 Å². The number of aromatic nitrogens is 1. The first-order valence-corrected chi connectivity index (χ1v) is 11.1. The molecule has 1 aromatic heterocycles. The zero-order valence-electron chi connectivity index (χ0n) is 18.7. The first-order chi connectivity index (χ1) is 17.1. The van der Waals surface area contributed by atoms with Gasteiger partial charge >= 0.3 is 6.03 Å². The number of carbonyl (C=O) groups is 1. The van der Waals surface area contributed by atoms with Gasteiger partial charge in [-0.3, -0.25) is 4.98 Å². The molecule has 4 aromatic rings. The molecule has 0 spiro atoms. The fourth-order valence-electron chi connectivity index (χ4n) is 3.95. The number of hydrogen-bond acceptors (Lipinski definition) is 6. The maximum absolute atomic E-state index is 13.3. The van der Waals surface area contributed by atoms with Gasteiger partial charge in [0.1, 0.15) is 11.5 Å². The molecule has 1 aliphatic heterocycles. The highest BCUT2D eigenvalue weighted by Crippen LogP contribution is 2.37. The molecule has 182 valence electrons. The molecular weight excluding hydrogens is 454 g/mol. The van der Waals surface area contributed by atoms with Crippen LogP contribution in [0, 0.1) is 0 Å². The lowest BCUT2D eigenvalue weighted by Crippen LogP contribution is -2.31. The molecule has 0 radical (unpaired) electrons. The zero-order valence-corrected chi connectivity index (χ0v) is 18.7. The molecule has 2 amide bonds. The van der Waals surface area contributed by atoms with Crippen molar-refractivity contribution in [2.24, 2.45) is 5.10 Å². The van der Waals surface area contributed by atoms with E-state index in [2.05, 4.69) is 20.7 Å². The summed E-state index contributed by atoms with van der Waals surface area (Å²) in [5.41, 5.74) is 4.44. The van der Waals surface area contributed by atoms with E-state index in [1.807, 2.05) is 30.3 Å². The van der Waals surface area contributed by atoms with E-state index >= 15 is 0 Å². The van der Waals surface area contributed by atoms with Crippen molar-refractivity contribution in [1.82, 2.24) is 9.99 Å². The van der Waals surface area contributed by atoms with Gasteiger partial charge in [0.2, 0.25) is 0 Å². The minimum Gasteiger partial charge on any atom is -0.508 e. The smallest absolute Gasteiger partial charge is 0.342 e. The Kier molecular flexibility index (Phi) is 7.15. The van der Waals surface area contributed by atoms with Crippen LogP contribution in [0.2, 0.25) is 0 Å². The number of benzene rings is 3. The van der Waals surface area contributed by atoms with E-state index in [-0.39, 0.29) is 18.9 Å². The van der Waals surface area contributed by atoms with E-state index < -0.39 is 12.1 Å². The SMILES string of the molecule is C.O=C(Nc1ccc(Nc2ccc(O)cc2)cc1)N1N=C(c2cccnc2)CC1c1ccccc1O. The number of anilines is 3. The van der Waals surface area contributed by atoms with Gasteiger partial charge in [-0.05, 0) is 60.7 Å². The van der Waals surface area contributed by atoms with Crippen LogP contribution in [0.1, 0.15) is 31.0 Å². The van der Waals surface area contributed by atoms with Crippen molar-refractivity contribution in [3.05, 3.63) is 108 Å². The van der Waals surface area contributed by atoms with Crippen LogP contribution in [0.25, 0.3) is 0 Å². The molecule has 1 unspecified atom stereocenters. The molecule has 1 aliphatic rings. The standard InChI is InChI=1S/C27H23N5O3.CH4/c33-22-13-11-20(12-14-22)29-19-7-9-21(10-8-19)30-27(35)32-25(23-5-1-2-6-26(23)34)16-24(31-32)18-4-3-15-28-17-18;/h1-15,17,25,29,33-34H,16H2,(H,30,35);1H4. The average molecular weight is 482 g/mol. The summed E-state index contributed by atoms with van der Waals surface area (Å²) in [5, 5.41) is 32.0. The van der Waals surface area contributed by atoms with Gasteiger partial charge in [0.15, 0.2) is 0 Å². The monoisotopic (exact) mass is 481 g/mol. The van der Waals surface area contributed by atoms with Gasteiger partial charge in [-0.1, -0.05) is 31.7 Å². The lowest BCUT2D eigenvalue weighted by molar-refractivity contribution is 0.199. The Balaban J connectivity index is 0.00000304. The first kappa shape index (κ1) is 24.3. The number of phenolic OH excluding ortho intramolecular Hbond substituents is 2. The molecule has 3 aromatic carbocycles. The van der Waals surface area contributed by atoms with Gasteiger partial charge in [-0.2, -0.15) is 5.10 Å². The molecule has 0 bridgehead atoms. The summed E-state index contributed by atoms with van der Waals surface area (Å²) >= 11 is 0. The minimum atomic E-state index is -0.457. The van der Waals surface area contributed by atoms with Crippen molar-refractivity contribution >= 4 is 28.8 Å². The fourth-order valence-corrected chi connectivity index (χ4v) is 3.95. The van der Waals surface area contributed by atoms with E-state index in [9.17, 15) is 15.0 Å². The van der Waals surface area contributed by atoms with Crippen molar-refractivity contribution in [1.29, 1.82) is 0 Å². The number of amides is 2. The van der Waals surface area contributed by atoms with E-state index in [0.29, 0.717) is 17.7 Å². The summed E-state index contributed by atoms with van der Waals surface area (Å²) < 4.78 is 0. The maximum Gasteiger partial charge on any atom is 0.342 e. The number of para-hydroxylation sites is 1. The molecule has 36 heavy (non-hydrogen) atoms. The Hall–Kier alpha value is -4.85. The first-order valence-electron chi connectivity index (χ1n) is 11.1. The number of rotatable bonds is 5. The van der Waals surface area contributed by atoms with Crippen molar-refractivity contribution in [2.75, 3.05) is 10.6 Å². The molecule has 1 atom stereocenters. The molecule has 5 rings (SSSR count). The predicted octanol–water partition coefficient (Wildman–Crippen LogP) is 6.26. The Morgan fingerprint density at radius 3 is 2.19 bits per heavy atom. The molecule has 4 N–H and O–H groups in total. The summed E-state index contributed by atoms with van der Waals surface area (Å²) in [7, 11) is 0. The number of nitrogens with one attached hydrogen (secondary N) is 2. The van der Waals surface area contributed by atoms with Crippen LogP contribution in [-0.2, 0) is 0 Å². The molecular formula is C28H27N5O3. The molecule has 0 saturated carbocycles. The molecule has 8 nitrogen and oxygen atoms in total. The highest BCUT2D eigenvalue weighted by molar-refractivity contribution is 6.04. The van der Waals surface area contributed by atoms with E-state index in [0.717, 1.165) is 22.6 Å². The normalized spacial score (nSPS) is 14.5. The Morgan fingerprint density at radius 2 is 1.53 bits per heavy atom. The van der Waals surface area contributed by atoms with Crippen LogP contribution < -0.4 is 10.6 Å². The van der Waals surface area contributed by atoms with Crippen LogP contribution in [0.3, 0.4) is 0 Å². The summed E-state index contributed by atoms with van der Waals surface area (Å²) in [5.74, 6) is 0.314. The van der Waals surface area contributed by atoms with Crippen LogP contribution in [0.5, 0.6) is 11.5 Å². The number of urea groups is 1. The summed E-state index contributed by atoms with van der Waals surface area (Å²) in [6.07, 6.45) is 3.85. The second kappa shape index (κ2) is 10.6. The third-order valence-corrected chi connectivity index (χ3v) is 5.70. The largest absolute Gasteiger partial charge is 0.508 e. The highest BCUT2D eigenvalue weighted by Gasteiger charge is 2.34. The van der Waals surface area contributed by atoms with Crippen molar-refractivity contribution in [2.45, 2.75) is 19.9 Å². The maximum atomic E-state index is 13.3. The summed E-state index contributed by atoms with van der Waals surface area (Å²) in [4.78, 5) is 17.4. The van der Waals surface area contributed by atoms with Gasteiger partial charge < -0.3 is 20.8 Å². The third kappa shape index (κ3) is 5.28. The van der Waals surface area contributed by atoms with Crippen molar-refractivity contribution in [3.63, 3.8) is 0 Å². The lowest BCUT2D eigenvalue weighted by Gasteiger charge is -2.23. The average Bonchev–Trinajstić information content (AvgIpc) is 3.33. The second-order valence-corrected chi connectivity index (χ2v) is 8.09. The Labute approximate surface area is 209 Å². The molecule has 2 heterocycles. The van der Waals surface area contributed by atoms with E-state index in [1.54, 1.807) is 67.0 Å². The summed E-state index contributed by atoms with van der Waals surface area (Å²) in [6.45, 7) is 0. The van der Waals surface area contributed by atoms with Crippen LogP contribution in [0.4, 0.5) is 21.9 Å². The zero-order chi connectivity index (χ0) is 24.2. The molecule has 0 saturated heterocycles. The van der Waals surface area contributed by atoms with Crippen LogP contribution >= 0.6 is 0 Å². The topological polar surface area (TPSA) is 110 Å². The Bertz CT molecular complexity index is 1360. The second-order valence-electron chi connectivity index (χ2n) is 8.09. The quantitative estimate of drug-likeness (QED) is 0.252. The van der Waals surface area contributed by atoms with Crippen molar-refractivity contribution in [3.8, 4) is 11.5 Å². The van der Waals surface area contributed by atoms with Gasteiger partial charge in [0.25, 0.3) is 0 Å². The van der Waals surface area contributed by atoms with E-state index in [4.69, 9.17) is 0 Å². The number of pyridine rings is 1. The minimum absolute atomic E-state index is 0. The van der Waals surface area contributed by atoms with Crippen LogP contribution in [-0.4, -0.2) is 31.9 Å². The number of nitrogens with zero attached hydrogens (tertiary/aromatic N) is 3. The number of hydrogen-bond donors (Lipinski definition) is 4. The molecule has 0 fully saturated rings. The third-order valence-electron chi connectivity index (χ3n) is 5.70. The number of phenols is 2.